The fraction of sp³-hybridized carbons (Fsp3) is 0.571. The van der Waals surface area contributed by atoms with E-state index in [-0.39, 0.29) is 42.2 Å². The summed E-state index contributed by atoms with van der Waals surface area (Å²) >= 11 is 0. The Morgan fingerprint density at radius 2 is 1.87 bits per heavy atom. The Kier molecular flexibility index (Phi) is 12.6. The number of hydrogen-bond donors (Lipinski definition) is 3. The van der Waals surface area contributed by atoms with Crippen molar-refractivity contribution in [2.24, 2.45) is 5.16 Å². The second kappa shape index (κ2) is 15.6. The van der Waals surface area contributed by atoms with Crippen LogP contribution in [0, 0.1) is 0 Å². The number of esters is 1. The summed E-state index contributed by atoms with van der Waals surface area (Å²) in [5, 5.41) is 27.3. The predicted octanol–water partition coefficient (Wildman–Crippen LogP) is 3.84. The number of hydrogen-bond acceptors (Lipinski definition) is 8. The largest absolute Gasteiger partial charge is 0.508 e. The van der Waals surface area contributed by atoms with Crippen LogP contribution in [0.4, 0.5) is 0 Å². The normalized spacial score (nSPS) is 15.7. The number of ether oxygens (including phenoxy) is 1. The van der Waals surface area contributed by atoms with Gasteiger partial charge >= 0.3 is 5.97 Å². The van der Waals surface area contributed by atoms with Gasteiger partial charge in [-0.3, -0.25) is 9.59 Å². The Hall–Kier alpha value is -3.56. The molecule has 0 radical (unpaired) electrons. The van der Waals surface area contributed by atoms with E-state index in [0.717, 1.165) is 51.3 Å². The number of phenols is 2. The number of piperidine rings is 1. The summed E-state index contributed by atoms with van der Waals surface area (Å²) in [7, 11) is 0. The molecule has 1 aromatic rings. The van der Waals surface area contributed by atoms with E-state index in [1.807, 2.05) is 19.1 Å². The van der Waals surface area contributed by atoms with E-state index >= 15 is 0 Å². The van der Waals surface area contributed by atoms with Gasteiger partial charge in [-0.1, -0.05) is 30.7 Å². The third-order valence-electron chi connectivity index (χ3n) is 6.08. The predicted molar refractivity (Wildman–Crippen MR) is 144 cm³/mol. The Morgan fingerprint density at radius 3 is 2.53 bits per heavy atom. The maximum atomic E-state index is 12.9. The molecule has 1 aliphatic rings. The number of benzene rings is 1. The van der Waals surface area contributed by atoms with E-state index < -0.39 is 17.8 Å². The van der Waals surface area contributed by atoms with Gasteiger partial charge in [0.1, 0.15) is 23.2 Å². The zero-order chi connectivity index (χ0) is 28.1. The second-order valence-electron chi connectivity index (χ2n) is 9.69. The van der Waals surface area contributed by atoms with Gasteiger partial charge in [0.15, 0.2) is 6.61 Å². The summed E-state index contributed by atoms with van der Waals surface area (Å²) in [6, 6.07) is 2.35. The van der Waals surface area contributed by atoms with Gasteiger partial charge in [0.2, 0.25) is 5.91 Å². The SMILES string of the molecule is CCCC(C=CCC(C)OC(=O)c1c(O)cc(O)cc1CC(C)=NOCC(=O)N1CCCCC1)NC(C)=O. The number of oxime groups is 1. The van der Waals surface area contributed by atoms with E-state index in [4.69, 9.17) is 9.57 Å². The van der Waals surface area contributed by atoms with E-state index in [0.29, 0.717) is 17.7 Å². The highest BCUT2D eigenvalue weighted by Crippen LogP contribution is 2.29. The maximum absolute atomic E-state index is 12.9. The number of rotatable bonds is 13. The van der Waals surface area contributed by atoms with Crippen LogP contribution in [0.2, 0.25) is 0 Å². The van der Waals surface area contributed by atoms with Crippen molar-refractivity contribution in [2.45, 2.75) is 84.8 Å². The second-order valence-corrected chi connectivity index (χ2v) is 9.69. The number of nitrogens with zero attached hydrogens (tertiary/aromatic N) is 2. The molecular formula is C28H41N3O7. The summed E-state index contributed by atoms with van der Waals surface area (Å²) < 4.78 is 5.54. The average Bonchev–Trinajstić information content (AvgIpc) is 2.83. The van der Waals surface area contributed by atoms with Gasteiger partial charge in [0.05, 0.1) is 5.71 Å². The quantitative estimate of drug-likeness (QED) is 0.152. The molecular weight excluding hydrogens is 490 g/mol. The molecule has 38 heavy (non-hydrogen) atoms. The Labute approximate surface area is 224 Å². The number of aromatic hydroxyl groups is 2. The standard InChI is InChI=1S/C28H41N3O7/c1-5-10-23(29-21(4)32)12-9-11-20(3)38-28(36)27-22(16-24(33)17-25(27)34)15-19(2)30-37-18-26(35)31-13-7-6-8-14-31/h9,12,16-17,20,23,33-34H,5-8,10-11,13-15,18H2,1-4H3,(H,29,32). The summed E-state index contributed by atoms with van der Waals surface area (Å²) in [6.07, 6.45) is 8.54. The zero-order valence-corrected chi connectivity index (χ0v) is 22.9. The van der Waals surface area contributed by atoms with Gasteiger partial charge < -0.3 is 30.0 Å². The molecule has 0 aromatic heterocycles. The van der Waals surface area contributed by atoms with Crippen LogP contribution in [-0.4, -0.2) is 70.5 Å². The lowest BCUT2D eigenvalue weighted by Crippen LogP contribution is -2.37. The van der Waals surface area contributed by atoms with Crippen molar-refractivity contribution in [2.75, 3.05) is 19.7 Å². The summed E-state index contributed by atoms with van der Waals surface area (Å²) in [6.45, 7) is 8.16. The molecule has 0 aliphatic carbocycles. The number of likely N-dealkylation sites (tertiary alicyclic amines) is 1. The smallest absolute Gasteiger partial charge is 0.342 e. The third kappa shape index (κ3) is 10.4. The minimum Gasteiger partial charge on any atom is -0.508 e. The van der Waals surface area contributed by atoms with Crippen molar-refractivity contribution in [3.05, 3.63) is 35.4 Å². The molecule has 0 saturated carbocycles. The van der Waals surface area contributed by atoms with Crippen molar-refractivity contribution in [3.63, 3.8) is 0 Å². The topological polar surface area (TPSA) is 138 Å². The molecule has 2 unspecified atom stereocenters. The van der Waals surface area contributed by atoms with Crippen LogP contribution < -0.4 is 5.32 Å². The van der Waals surface area contributed by atoms with Gasteiger partial charge in [-0.2, -0.15) is 0 Å². The van der Waals surface area contributed by atoms with Gasteiger partial charge in [0.25, 0.3) is 5.91 Å². The van der Waals surface area contributed by atoms with E-state index in [9.17, 15) is 24.6 Å². The highest BCUT2D eigenvalue weighted by Gasteiger charge is 2.22. The van der Waals surface area contributed by atoms with Gasteiger partial charge in [0, 0.05) is 45.0 Å². The fourth-order valence-corrected chi connectivity index (χ4v) is 4.30. The minimum absolute atomic E-state index is 0.0697. The number of nitrogens with one attached hydrogen (secondary N) is 1. The molecule has 1 fully saturated rings. The van der Waals surface area contributed by atoms with Crippen molar-refractivity contribution in [1.82, 2.24) is 10.2 Å². The molecule has 3 N–H and O–H groups in total. The van der Waals surface area contributed by atoms with Crippen LogP contribution in [0.3, 0.4) is 0 Å². The Balaban J connectivity index is 2.00. The lowest BCUT2D eigenvalue weighted by atomic mass is 10.0. The lowest BCUT2D eigenvalue weighted by molar-refractivity contribution is -0.137. The number of phenolic OH excluding ortho intramolecular Hbond substituents is 2. The first-order valence-electron chi connectivity index (χ1n) is 13.2. The highest BCUT2D eigenvalue weighted by molar-refractivity contribution is 5.97. The van der Waals surface area contributed by atoms with Crippen LogP contribution in [0.5, 0.6) is 11.5 Å². The minimum atomic E-state index is -0.737. The van der Waals surface area contributed by atoms with Gasteiger partial charge in [-0.05, 0) is 51.2 Å². The van der Waals surface area contributed by atoms with Crippen molar-refractivity contribution >= 4 is 23.5 Å². The molecule has 0 bridgehead atoms. The molecule has 1 heterocycles. The molecule has 2 amide bonds. The van der Waals surface area contributed by atoms with Crippen LogP contribution in [-0.2, 0) is 25.6 Å². The van der Waals surface area contributed by atoms with Crippen LogP contribution in [0.15, 0.2) is 29.4 Å². The highest BCUT2D eigenvalue weighted by atomic mass is 16.6. The van der Waals surface area contributed by atoms with Gasteiger partial charge in [-0.15, -0.1) is 0 Å². The maximum Gasteiger partial charge on any atom is 0.342 e. The Morgan fingerprint density at radius 1 is 1.16 bits per heavy atom. The van der Waals surface area contributed by atoms with Crippen LogP contribution in [0.1, 0.15) is 82.1 Å². The summed E-state index contributed by atoms with van der Waals surface area (Å²) in [5.41, 5.74) is 0.696. The first-order chi connectivity index (χ1) is 18.1. The first kappa shape index (κ1) is 30.7. The monoisotopic (exact) mass is 531 g/mol. The summed E-state index contributed by atoms with van der Waals surface area (Å²) in [4.78, 5) is 43.5. The third-order valence-corrected chi connectivity index (χ3v) is 6.08. The zero-order valence-electron chi connectivity index (χ0n) is 22.9. The average molecular weight is 532 g/mol. The van der Waals surface area contributed by atoms with Crippen molar-refractivity contribution in [1.29, 1.82) is 0 Å². The van der Waals surface area contributed by atoms with Gasteiger partial charge in [-0.25, -0.2) is 4.79 Å². The number of carbonyl (C=O) groups excluding carboxylic acids is 3. The molecule has 1 saturated heterocycles. The molecule has 1 aliphatic heterocycles. The molecule has 0 spiro atoms. The number of amides is 2. The molecule has 10 nitrogen and oxygen atoms in total. The van der Waals surface area contributed by atoms with E-state index in [1.165, 1.54) is 13.0 Å². The molecule has 2 atom stereocenters. The van der Waals surface area contributed by atoms with Crippen molar-refractivity contribution < 1.29 is 34.2 Å². The molecule has 2 rings (SSSR count). The van der Waals surface area contributed by atoms with E-state index in [2.05, 4.69) is 10.5 Å². The Bertz CT molecular complexity index is 1020. The fourth-order valence-electron chi connectivity index (χ4n) is 4.30. The lowest BCUT2D eigenvalue weighted by Gasteiger charge is -2.26. The molecule has 1 aromatic carbocycles. The van der Waals surface area contributed by atoms with Crippen LogP contribution in [0.25, 0.3) is 0 Å². The van der Waals surface area contributed by atoms with Crippen molar-refractivity contribution in [3.8, 4) is 11.5 Å². The first-order valence-corrected chi connectivity index (χ1v) is 13.2. The molecule has 210 valence electrons. The van der Waals surface area contributed by atoms with E-state index in [1.54, 1.807) is 18.7 Å². The van der Waals surface area contributed by atoms with Crippen LogP contribution >= 0.6 is 0 Å². The summed E-state index contributed by atoms with van der Waals surface area (Å²) in [5.74, 6) is -1.59. The molecule has 10 heteroatoms. The number of carbonyl (C=O) groups is 3.